The van der Waals surface area contributed by atoms with Crippen LogP contribution in [0.1, 0.15) is 17.9 Å². The number of rotatable bonds is 4. The van der Waals surface area contributed by atoms with Crippen molar-refractivity contribution in [1.29, 1.82) is 0 Å². The van der Waals surface area contributed by atoms with Gasteiger partial charge in [-0.05, 0) is 32.4 Å². The molecule has 0 saturated carbocycles. The van der Waals surface area contributed by atoms with Crippen molar-refractivity contribution >= 4 is 10.0 Å². The molecule has 23 heavy (non-hydrogen) atoms. The van der Waals surface area contributed by atoms with Gasteiger partial charge in [-0.25, -0.2) is 13.4 Å². The van der Waals surface area contributed by atoms with E-state index >= 15 is 0 Å². The number of pyridine rings is 1. The third-order valence-corrected chi connectivity index (χ3v) is 5.72. The van der Waals surface area contributed by atoms with Crippen molar-refractivity contribution < 1.29 is 13.2 Å². The van der Waals surface area contributed by atoms with E-state index in [4.69, 9.17) is 4.74 Å². The largest absolute Gasteiger partial charge is 0.487 e. The fourth-order valence-corrected chi connectivity index (χ4v) is 4.02. The Labute approximate surface area is 136 Å². The first kappa shape index (κ1) is 15.9. The Bertz CT molecular complexity index is 779. The van der Waals surface area contributed by atoms with Gasteiger partial charge in [-0.15, -0.1) is 0 Å². The van der Waals surface area contributed by atoms with Gasteiger partial charge in [0.05, 0.1) is 12.7 Å². The van der Waals surface area contributed by atoms with Crippen LogP contribution < -0.4 is 4.74 Å². The SMILES string of the molecule is Cc1ccc(O[C@@H]2CCN(S(=O)(=O)c3cn(C)c(C)n3)C2)cn1. The molecular formula is C15H20N4O3S. The quantitative estimate of drug-likeness (QED) is 0.840. The zero-order chi connectivity index (χ0) is 16.6. The van der Waals surface area contributed by atoms with E-state index in [2.05, 4.69) is 9.97 Å². The molecule has 0 bridgehead atoms. The van der Waals surface area contributed by atoms with Gasteiger partial charge in [0.2, 0.25) is 0 Å². The minimum Gasteiger partial charge on any atom is -0.487 e. The van der Waals surface area contributed by atoms with Gasteiger partial charge < -0.3 is 9.30 Å². The Hall–Kier alpha value is -1.93. The number of aryl methyl sites for hydroxylation is 3. The summed E-state index contributed by atoms with van der Waals surface area (Å²) in [6, 6.07) is 3.72. The molecule has 124 valence electrons. The molecule has 0 amide bonds. The van der Waals surface area contributed by atoms with Crippen LogP contribution in [0.2, 0.25) is 0 Å². The lowest BCUT2D eigenvalue weighted by Gasteiger charge is -2.16. The highest BCUT2D eigenvalue weighted by atomic mass is 32.2. The molecule has 3 rings (SSSR count). The molecule has 7 nitrogen and oxygen atoms in total. The number of hydrogen-bond donors (Lipinski definition) is 0. The number of ether oxygens (including phenoxy) is 1. The number of imidazole rings is 1. The third-order valence-electron chi connectivity index (χ3n) is 3.99. The Kier molecular flexibility index (Phi) is 4.11. The molecule has 1 fully saturated rings. The lowest BCUT2D eigenvalue weighted by molar-refractivity contribution is 0.214. The van der Waals surface area contributed by atoms with Crippen molar-refractivity contribution in [2.75, 3.05) is 13.1 Å². The van der Waals surface area contributed by atoms with Gasteiger partial charge >= 0.3 is 0 Å². The molecule has 0 radical (unpaired) electrons. The second-order valence-electron chi connectivity index (χ2n) is 5.76. The maximum Gasteiger partial charge on any atom is 0.262 e. The molecule has 0 aromatic carbocycles. The summed E-state index contributed by atoms with van der Waals surface area (Å²) in [7, 11) is -1.79. The predicted octanol–water partition coefficient (Wildman–Crippen LogP) is 1.27. The highest BCUT2D eigenvalue weighted by molar-refractivity contribution is 7.89. The lowest BCUT2D eigenvalue weighted by atomic mass is 10.3. The summed E-state index contributed by atoms with van der Waals surface area (Å²) in [5.74, 6) is 1.33. The molecular weight excluding hydrogens is 316 g/mol. The molecule has 1 aliphatic rings. The Morgan fingerprint density at radius 1 is 1.30 bits per heavy atom. The van der Waals surface area contributed by atoms with Gasteiger partial charge in [-0.3, -0.25) is 4.98 Å². The summed E-state index contributed by atoms with van der Waals surface area (Å²) < 4.78 is 34.2. The molecule has 3 heterocycles. The Morgan fingerprint density at radius 3 is 2.70 bits per heavy atom. The normalized spacial score (nSPS) is 19.2. The fraction of sp³-hybridized carbons (Fsp3) is 0.467. The molecule has 1 aliphatic heterocycles. The van der Waals surface area contributed by atoms with E-state index in [1.165, 1.54) is 4.31 Å². The summed E-state index contributed by atoms with van der Waals surface area (Å²) in [5, 5.41) is 0.0927. The molecule has 2 aromatic heterocycles. The fourth-order valence-electron chi connectivity index (χ4n) is 2.51. The summed E-state index contributed by atoms with van der Waals surface area (Å²) in [6.07, 6.45) is 3.69. The zero-order valence-electron chi connectivity index (χ0n) is 13.4. The van der Waals surface area contributed by atoms with E-state index in [9.17, 15) is 8.42 Å². The maximum atomic E-state index is 12.6. The van der Waals surface area contributed by atoms with Gasteiger partial charge in [-0.2, -0.15) is 4.31 Å². The summed E-state index contributed by atoms with van der Waals surface area (Å²) in [5.41, 5.74) is 0.915. The van der Waals surface area contributed by atoms with Crippen molar-refractivity contribution in [3.05, 3.63) is 36.0 Å². The van der Waals surface area contributed by atoms with Gasteiger partial charge in [0, 0.05) is 25.5 Å². The maximum absolute atomic E-state index is 12.6. The van der Waals surface area contributed by atoms with Crippen LogP contribution in [0.5, 0.6) is 5.75 Å². The molecule has 8 heteroatoms. The number of nitrogens with zero attached hydrogens (tertiary/aromatic N) is 4. The number of hydrogen-bond acceptors (Lipinski definition) is 5. The third kappa shape index (κ3) is 3.23. The average Bonchev–Trinajstić information content (AvgIpc) is 3.10. The molecule has 1 saturated heterocycles. The van der Waals surface area contributed by atoms with Crippen molar-refractivity contribution in [2.24, 2.45) is 7.05 Å². The van der Waals surface area contributed by atoms with E-state index in [-0.39, 0.29) is 11.1 Å². The van der Waals surface area contributed by atoms with E-state index in [1.807, 2.05) is 19.1 Å². The van der Waals surface area contributed by atoms with Crippen LogP contribution in [-0.2, 0) is 17.1 Å². The van der Waals surface area contributed by atoms with E-state index in [1.54, 1.807) is 30.9 Å². The highest BCUT2D eigenvalue weighted by Crippen LogP contribution is 2.23. The molecule has 2 aromatic rings. The second-order valence-corrected chi connectivity index (χ2v) is 7.65. The van der Waals surface area contributed by atoms with Crippen LogP contribution in [-0.4, -0.2) is 46.5 Å². The highest BCUT2D eigenvalue weighted by Gasteiger charge is 2.35. The minimum absolute atomic E-state index is 0.0927. The van der Waals surface area contributed by atoms with Crippen molar-refractivity contribution in [3.8, 4) is 5.75 Å². The first-order chi connectivity index (χ1) is 10.9. The van der Waals surface area contributed by atoms with Gasteiger partial charge in [0.25, 0.3) is 10.0 Å². The predicted molar refractivity (Wildman–Crippen MR) is 84.7 cm³/mol. The van der Waals surface area contributed by atoms with Crippen LogP contribution in [0.25, 0.3) is 0 Å². The molecule has 0 spiro atoms. The molecule has 0 aliphatic carbocycles. The van der Waals surface area contributed by atoms with E-state index in [0.717, 1.165) is 5.69 Å². The first-order valence-corrected chi connectivity index (χ1v) is 8.89. The van der Waals surface area contributed by atoms with Gasteiger partial charge in [0.15, 0.2) is 5.03 Å². The van der Waals surface area contributed by atoms with Crippen LogP contribution in [0.4, 0.5) is 0 Å². The van der Waals surface area contributed by atoms with Gasteiger partial charge in [0.1, 0.15) is 17.7 Å². The summed E-state index contributed by atoms with van der Waals surface area (Å²) in [4.78, 5) is 8.31. The summed E-state index contributed by atoms with van der Waals surface area (Å²) >= 11 is 0. The van der Waals surface area contributed by atoms with Crippen LogP contribution in [0, 0.1) is 13.8 Å². The van der Waals surface area contributed by atoms with Crippen LogP contribution >= 0.6 is 0 Å². The number of sulfonamides is 1. The van der Waals surface area contributed by atoms with Crippen LogP contribution in [0.15, 0.2) is 29.6 Å². The molecule has 0 N–H and O–H groups in total. The van der Waals surface area contributed by atoms with Crippen molar-refractivity contribution in [3.63, 3.8) is 0 Å². The molecule has 0 unspecified atom stereocenters. The minimum atomic E-state index is -3.57. The van der Waals surface area contributed by atoms with Crippen LogP contribution in [0.3, 0.4) is 0 Å². The monoisotopic (exact) mass is 336 g/mol. The zero-order valence-corrected chi connectivity index (χ0v) is 14.2. The summed E-state index contributed by atoms with van der Waals surface area (Å²) in [6.45, 7) is 4.44. The van der Waals surface area contributed by atoms with Crippen molar-refractivity contribution in [1.82, 2.24) is 18.8 Å². The lowest BCUT2D eigenvalue weighted by Crippen LogP contribution is -2.31. The van der Waals surface area contributed by atoms with Crippen molar-refractivity contribution in [2.45, 2.75) is 31.4 Å². The smallest absolute Gasteiger partial charge is 0.262 e. The topological polar surface area (TPSA) is 77.3 Å². The Balaban J connectivity index is 1.70. The van der Waals surface area contributed by atoms with Gasteiger partial charge in [-0.1, -0.05) is 0 Å². The first-order valence-electron chi connectivity index (χ1n) is 7.45. The average molecular weight is 336 g/mol. The second kappa shape index (κ2) is 5.93. The van der Waals surface area contributed by atoms with E-state index < -0.39 is 10.0 Å². The molecule has 1 atom stereocenters. The van der Waals surface area contributed by atoms with E-state index in [0.29, 0.717) is 31.1 Å². The Morgan fingerprint density at radius 2 is 2.09 bits per heavy atom. The standard InChI is InChI=1S/C15H20N4O3S/c1-11-4-5-13(8-16-11)22-14-6-7-19(9-14)23(20,21)15-10-18(3)12(2)17-15/h4-5,8,10,14H,6-7,9H2,1-3H3/t14-/m1/s1. The number of aromatic nitrogens is 3.